The standard InChI is InChI=1S/C14H26N2O2/c1-3-11(4-2)13(17)10-15-14(18)16-12-8-6-5-7-9-12/h5-6,11-13,17H,3-4,7-10H2,1-2H3,(H2,15,16,18). The summed E-state index contributed by atoms with van der Waals surface area (Å²) in [6.07, 6.45) is 8.61. The van der Waals surface area contributed by atoms with E-state index in [2.05, 4.69) is 36.6 Å². The molecule has 0 saturated heterocycles. The van der Waals surface area contributed by atoms with Gasteiger partial charge in [0.05, 0.1) is 6.10 Å². The van der Waals surface area contributed by atoms with Crippen LogP contribution in [0.15, 0.2) is 12.2 Å². The highest BCUT2D eigenvalue weighted by atomic mass is 16.3. The lowest BCUT2D eigenvalue weighted by atomic mass is 9.97. The Kier molecular flexibility index (Phi) is 6.80. The molecule has 0 fully saturated rings. The van der Waals surface area contributed by atoms with Crippen molar-refractivity contribution in [3.8, 4) is 0 Å². The predicted molar refractivity (Wildman–Crippen MR) is 73.4 cm³/mol. The van der Waals surface area contributed by atoms with Crippen LogP contribution in [-0.2, 0) is 0 Å². The molecule has 0 bridgehead atoms. The van der Waals surface area contributed by atoms with Gasteiger partial charge in [0.1, 0.15) is 0 Å². The van der Waals surface area contributed by atoms with Crippen LogP contribution in [-0.4, -0.2) is 29.8 Å². The van der Waals surface area contributed by atoms with Gasteiger partial charge in [-0.1, -0.05) is 38.8 Å². The van der Waals surface area contributed by atoms with Gasteiger partial charge in [0.25, 0.3) is 0 Å². The van der Waals surface area contributed by atoms with Crippen molar-refractivity contribution in [2.24, 2.45) is 5.92 Å². The quantitative estimate of drug-likeness (QED) is 0.636. The minimum Gasteiger partial charge on any atom is -0.391 e. The van der Waals surface area contributed by atoms with E-state index in [9.17, 15) is 9.90 Å². The molecule has 18 heavy (non-hydrogen) atoms. The fourth-order valence-electron chi connectivity index (χ4n) is 2.36. The van der Waals surface area contributed by atoms with Crippen molar-refractivity contribution in [2.75, 3.05) is 6.54 Å². The summed E-state index contributed by atoms with van der Waals surface area (Å²) >= 11 is 0. The van der Waals surface area contributed by atoms with E-state index >= 15 is 0 Å². The molecule has 1 aliphatic rings. The minimum atomic E-state index is -0.447. The first-order valence-corrected chi connectivity index (χ1v) is 7.04. The van der Waals surface area contributed by atoms with Crippen molar-refractivity contribution >= 4 is 6.03 Å². The fraction of sp³-hybridized carbons (Fsp3) is 0.786. The molecule has 2 atom stereocenters. The Labute approximate surface area is 110 Å². The third-order valence-electron chi connectivity index (χ3n) is 3.67. The number of amides is 2. The van der Waals surface area contributed by atoms with Gasteiger partial charge in [-0.05, 0) is 25.2 Å². The first kappa shape index (κ1) is 15.0. The maximum absolute atomic E-state index is 11.7. The van der Waals surface area contributed by atoms with Crippen molar-refractivity contribution in [2.45, 2.75) is 58.1 Å². The Morgan fingerprint density at radius 2 is 2.11 bits per heavy atom. The fourth-order valence-corrected chi connectivity index (χ4v) is 2.36. The Morgan fingerprint density at radius 3 is 2.67 bits per heavy atom. The first-order chi connectivity index (χ1) is 8.67. The van der Waals surface area contributed by atoms with Crippen LogP contribution in [0.4, 0.5) is 4.79 Å². The van der Waals surface area contributed by atoms with Gasteiger partial charge >= 0.3 is 6.03 Å². The number of carbonyl (C=O) groups excluding carboxylic acids is 1. The molecule has 1 rings (SSSR count). The van der Waals surface area contributed by atoms with Crippen LogP contribution in [0.25, 0.3) is 0 Å². The van der Waals surface area contributed by atoms with E-state index in [-0.39, 0.29) is 18.0 Å². The number of allylic oxidation sites excluding steroid dienone is 1. The highest BCUT2D eigenvalue weighted by Crippen LogP contribution is 2.12. The van der Waals surface area contributed by atoms with Gasteiger partial charge in [-0.25, -0.2) is 4.79 Å². The van der Waals surface area contributed by atoms with Crippen LogP contribution in [0, 0.1) is 5.92 Å². The summed E-state index contributed by atoms with van der Waals surface area (Å²) < 4.78 is 0. The van der Waals surface area contributed by atoms with Crippen LogP contribution in [0.1, 0.15) is 46.0 Å². The third-order valence-corrected chi connectivity index (χ3v) is 3.67. The number of aliphatic hydroxyl groups excluding tert-OH is 1. The summed E-state index contributed by atoms with van der Waals surface area (Å²) in [6.45, 7) is 4.46. The summed E-state index contributed by atoms with van der Waals surface area (Å²) in [5.41, 5.74) is 0. The maximum Gasteiger partial charge on any atom is 0.315 e. The van der Waals surface area contributed by atoms with E-state index in [4.69, 9.17) is 0 Å². The predicted octanol–water partition coefficient (Wildman–Crippen LogP) is 2.19. The van der Waals surface area contributed by atoms with Gasteiger partial charge in [0, 0.05) is 12.6 Å². The Hall–Kier alpha value is -1.03. The summed E-state index contributed by atoms with van der Waals surface area (Å²) in [5, 5.41) is 15.6. The van der Waals surface area contributed by atoms with Crippen molar-refractivity contribution in [3.05, 3.63) is 12.2 Å². The van der Waals surface area contributed by atoms with Gasteiger partial charge in [-0.3, -0.25) is 0 Å². The number of hydrogen-bond acceptors (Lipinski definition) is 2. The molecule has 0 spiro atoms. The number of rotatable bonds is 6. The zero-order chi connectivity index (χ0) is 13.4. The zero-order valence-corrected chi connectivity index (χ0v) is 11.5. The highest BCUT2D eigenvalue weighted by molar-refractivity contribution is 5.74. The highest BCUT2D eigenvalue weighted by Gasteiger charge is 2.17. The first-order valence-electron chi connectivity index (χ1n) is 7.04. The number of aliphatic hydroxyl groups is 1. The van der Waals surface area contributed by atoms with Gasteiger partial charge in [-0.2, -0.15) is 0 Å². The molecule has 0 saturated carbocycles. The monoisotopic (exact) mass is 254 g/mol. The van der Waals surface area contributed by atoms with Crippen LogP contribution < -0.4 is 10.6 Å². The van der Waals surface area contributed by atoms with Gasteiger partial charge < -0.3 is 15.7 Å². The molecule has 0 radical (unpaired) electrons. The van der Waals surface area contributed by atoms with Crippen LogP contribution in [0.3, 0.4) is 0 Å². The van der Waals surface area contributed by atoms with E-state index in [1.807, 2.05) is 0 Å². The van der Waals surface area contributed by atoms with E-state index < -0.39 is 6.10 Å². The molecule has 0 aromatic carbocycles. The molecule has 0 aliphatic heterocycles. The summed E-state index contributed by atoms with van der Waals surface area (Å²) in [7, 11) is 0. The van der Waals surface area contributed by atoms with Gasteiger partial charge in [0.15, 0.2) is 0 Å². The van der Waals surface area contributed by atoms with Crippen molar-refractivity contribution < 1.29 is 9.90 Å². The van der Waals surface area contributed by atoms with Crippen LogP contribution in [0.5, 0.6) is 0 Å². The Morgan fingerprint density at radius 1 is 1.39 bits per heavy atom. The van der Waals surface area contributed by atoms with Crippen molar-refractivity contribution in [1.82, 2.24) is 10.6 Å². The molecule has 2 amide bonds. The molecule has 104 valence electrons. The maximum atomic E-state index is 11.7. The Balaban J connectivity index is 2.21. The molecule has 0 aromatic rings. The zero-order valence-electron chi connectivity index (χ0n) is 11.5. The molecular formula is C14H26N2O2. The van der Waals surface area contributed by atoms with E-state index in [0.29, 0.717) is 6.54 Å². The van der Waals surface area contributed by atoms with Crippen molar-refractivity contribution in [1.29, 1.82) is 0 Å². The lowest BCUT2D eigenvalue weighted by Gasteiger charge is -2.23. The molecule has 0 aromatic heterocycles. The van der Waals surface area contributed by atoms with E-state index in [1.165, 1.54) is 0 Å². The van der Waals surface area contributed by atoms with Crippen LogP contribution >= 0.6 is 0 Å². The van der Waals surface area contributed by atoms with Crippen LogP contribution in [0.2, 0.25) is 0 Å². The third kappa shape index (κ3) is 5.08. The SMILES string of the molecule is CCC(CC)C(O)CNC(=O)NC1CC=CCC1. The lowest BCUT2D eigenvalue weighted by molar-refractivity contribution is 0.103. The molecule has 4 nitrogen and oxygen atoms in total. The Bertz CT molecular complexity index is 275. The second-order valence-corrected chi connectivity index (χ2v) is 4.98. The number of carbonyl (C=O) groups is 1. The smallest absolute Gasteiger partial charge is 0.315 e. The molecule has 4 heteroatoms. The normalized spacial score (nSPS) is 20.8. The molecular weight excluding hydrogens is 228 g/mol. The number of hydrogen-bond donors (Lipinski definition) is 3. The summed E-state index contributed by atoms with van der Waals surface area (Å²) in [6, 6.07) is 0.0700. The molecule has 3 N–H and O–H groups in total. The van der Waals surface area contributed by atoms with Crippen molar-refractivity contribution in [3.63, 3.8) is 0 Å². The summed E-state index contributed by atoms with van der Waals surface area (Å²) in [4.78, 5) is 11.7. The second kappa shape index (κ2) is 8.14. The topological polar surface area (TPSA) is 61.4 Å². The van der Waals surface area contributed by atoms with E-state index in [0.717, 1.165) is 32.1 Å². The molecule has 2 unspecified atom stereocenters. The average molecular weight is 254 g/mol. The average Bonchev–Trinajstić information content (AvgIpc) is 2.39. The number of urea groups is 1. The molecule has 0 heterocycles. The molecule has 1 aliphatic carbocycles. The van der Waals surface area contributed by atoms with Gasteiger partial charge in [0.2, 0.25) is 0 Å². The second-order valence-electron chi connectivity index (χ2n) is 4.98. The minimum absolute atomic E-state index is 0.166. The lowest BCUT2D eigenvalue weighted by Crippen LogP contribution is -2.45. The van der Waals surface area contributed by atoms with E-state index in [1.54, 1.807) is 0 Å². The number of nitrogens with one attached hydrogen (secondary N) is 2. The largest absolute Gasteiger partial charge is 0.391 e. The van der Waals surface area contributed by atoms with Gasteiger partial charge in [-0.15, -0.1) is 0 Å². The summed E-state index contributed by atoms with van der Waals surface area (Å²) in [5.74, 6) is 0.267.